The lowest BCUT2D eigenvalue weighted by Crippen LogP contribution is -1.94. The molecule has 0 aliphatic rings. The summed E-state index contributed by atoms with van der Waals surface area (Å²) in [7, 11) is 0. The maximum atomic E-state index is 11.1. The van der Waals surface area contributed by atoms with E-state index in [1.807, 2.05) is 0 Å². The number of carbonyl (C=O) groups is 1. The normalized spacial score (nSPS) is 11.5. The molecule has 0 atom stereocenters. The number of aromatic nitrogens is 4. The molecular weight excluding hydrogens is 304 g/mol. The summed E-state index contributed by atoms with van der Waals surface area (Å²) in [6.45, 7) is 6.20. The van der Waals surface area contributed by atoms with Gasteiger partial charge in [0, 0.05) is 5.39 Å². The van der Waals surface area contributed by atoms with Crippen molar-refractivity contribution in [3.63, 3.8) is 0 Å². The molecule has 0 radical (unpaired) electrons. The molecule has 0 bridgehead atoms. The van der Waals surface area contributed by atoms with Gasteiger partial charge in [-0.05, 0) is 55.7 Å². The van der Waals surface area contributed by atoms with E-state index in [4.69, 9.17) is 5.11 Å². The van der Waals surface area contributed by atoms with E-state index in [-0.39, 0.29) is 5.56 Å². The molecule has 0 saturated carbocycles. The minimum Gasteiger partial charge on any atom is -0.478 e. The van der Waals surface area contributed by atoms with Crippen molar-refractivity contribution in [3.05, 3.63) is 46.5 Å². The topological polar surface area (TPSA) is 94.7 Å². The van der Waals surface area contributed by atoms with E-state index in [0.29, 0.717) is 11.3 Å². The predicted molar refractivity (Wildman–Crippen MR) is 92.4 cm³/mol. The molecule has 2 aromatic heterocycles. The second-order valence-electron chi connectivity index (χ2n) is 6.08. The predicted octanol–water partition coefficient (Wildman–Crippen LogP) is 3.73. The minimum atomic E-state index is -0.964. The Balaban J connectivity index is 1.98. The van der Waals surface area contributed by atoms with Crippen molar-refractivity contribution in [2.45, 2.75) is 20.8 Å². The summed E-state index contributed by atoms with van der Waals surface area (Å²) in [6, 6.07) is 7.00. The second kappa shape index (κ2) is 4.92. The number of fused-ring (bicyclic) bond motifs is 2. The van der Waals surface area contributed by atoms with Gasteiger partial charge in [-0.15, -0.1) is 0 Å². The largest absolute Gasteiger partial charge is 0.478 e. The van der Waals surface area contributed by atoms with Gasteiger partial charge in [0.05, 0.1) is 22.1 Å². The molecule has 2 heterocycles. The maximum Gasteiger partial charge on any atom is 0.335 e. The quantitative estimate of drug-likeness (QED) is 0.524. The molecule has 24 heavy (non-hydrogen) atoms. The van der Waals surface area contributed by atoms with Crippen molar-refractivity contribution in [2.24, 2.45) is 0 Å². The standard InChI is InChI=1S/C18H16N4O2/c1-8-6-9(2)15-14(10(8)3)16(22-21-15)17-19-12-5-4-11(18(23)24)7-13(12)20-17/h4-7H,1-3H3,(H,19,20)(H,21,22)(H,23,24). The zero-order valence-electron chi connectivity index (χ0n) is 13.6. The Morgan fingerprint density at radius 2 is 1.92 bits per heavy atom. The van der Waals surface area contributed by atoms with Crippen LogP contribution in [-0.4, -0.2) is 31.2 Å². The van der Waals surface area contributed by atoms with Crippen LogP contribution in [0.2, 0.25) is 0 Å². The number of imidazole rings is 1. The molecule has 6 nitrogen and oxygen atoms in total. The molecule has 4 aromatic rings. The van der Waals surface area contributed by atoms with Gasteiger partial charge in [0.1, 0.15) is 5.69 Å². The van der Waals surface area contributed by atoms with E-state index < -0.39 is 5.97 Å². The van der Waals surface area contributed by atoms with E-state index >= 15 is 0 Å². The number of aryl methyl sites for hydroxylation is 3. The van der Waals surface area contributed by atoms with E-state index in [1.165, 1.54) is 5.56 Å². The Hall–Kier alpha value is -3.15. The zero-order chi connectivity index (χ0) is 17.0. The number of carboxylic acids is 1. The molecular formula is C18H16N4O2. The van der Waals surface area contributed by atoms with Crippen molar-refractivity contribution in [1.29, 1.82) is 0 Å². The van der Waals surface area contributed by atoms with Crippen molar-refractivity contribution in [1.82, 2.24) is 20.2 Å². The summed E-state index contributed by atoms with van der Waals surface area (Å²) in [5, 5.41) is 17.7. The molecule has 0 unspecified atom stereocenters. The molecule has 3 N–H and O–H groups in total. The molecule has 4 rings (SSSR count). The smallest absolute Gasteiger partial charge is 0.335 e. The summed E-state index contributed by atoms with van der Waals surface area (Å²) >= 11 is 0. The van der Waals surface area contributed by atoms with Gasteiger partial charge >= 0.3 is 5.97 Å². The first-order valence-electron chi connectivity index (χ1n) is 7.64. The first kappa shape index (κ1) is 14.4. The van der Waals surface area contributed by atoms with Crippen LogP contribution in [0.15, 0.2) is 24.3 Å². The third-order valence-corrected chi connectivity index (χ3v) is 4.51. The number of nitrogens with one attached hydrogen (secondary N) is 2. The highest BCUT2D eigenvalue weighted by Crippen LogP contribution is 2.32. The average Bonchev–Trinajstić information content (AvgIpc) is 3.15. The Kier molecular flexibility index (Phi) is 2.96. The molecule has 2 aromatic carbocycles. The first-order chi connectivity index (χ1) is 11.5. The fraction of sp³-hybridized carbons (Fsp3) is 0.167. The van der Waals surface area contributed by atoms with Crippen molar-refractivity contribution in [2.75, 3.05) is 0 Å². The van der Waals surface area contributed by atoms with Gasteiger partial charge in [-0.25, -0.2) is 9.78 Å². The second-order valence-corrected chi connectivity index (χ2v) is 6.08. The maximum absolute atomic E-state index is 11.1. The van der Waals surface area contributed by atoms with Crippen LogP contribution in [0.25, 0.3) is 33.5 Å². The SMILES string of the molecule is Cc1cc(C)c2[nH]nc(-c3nc4cc(C(=O)O)ccc4[nH]3)c2c1C. The summed E-state index contributed by atoms with van der Waals surface area (Å²) in [6.07, 6.45) is 0. The number of benzene rings is 2. The summed E-state index contributed by atoms with van der Waals surface area (Å²) in [5.41, 5.74) is 6.86. The Morgan fingerprint density at radius 3 is 2.67 bits per heavy atom. The molecule has 0 fully saturated rings. The highest BCUT2D eigenvalue weighted by atomic mass is 16.4. The van der Waals surface area contributed by atoms with Crippen LogP contribution < -0.4 is 0 Å². The Bertz CT molecular complexity index is 1120. The third-order valence-electron chi connectivity index (χ3n) is 4.51. The number of nitrogens with zero attached hydrogens (tertiary/aromatic N) is 2. The number of hydrogen-bond acceptors (Lipinski definition) is 3. The molecule has 0 amide bonds. The lowest BCUT2D eigenvalue weighted by Gasteiger charge is -2.05. The summed E-state index contributed by atoms with van der Waals surface area (Å²) < 4.78 is 0. The lowest BCUT2D eigenvalue weighted by molar-refractivity contribution is 0.0697. The number of aromatic amines is 2. The van der Waals surface area contributed by atoms with Crippen molar-refractivity contribution >= 4 is 27.9 Å². The fourth-order valence-electron chi connectivity index (χ4n) is 3.12. The number of H-pyrrole nitrogens is 2. The highest BCUT2D eigenvalue weighted by molar-refractivity contribution is 5.98. The number of carboxylic acid groups (broad SMARTS) is 1. The lowest BCUT2D eigenvalue weighted by atomic mass is 10.00. The molecule has 120 valence electrons. The Labute approximate surface area is 137 Å². The molecule has 0 spiro atoms. The van der Waals surface area contributed by atoms with Gasteiger partial charge in [0.25, 0.3) is 0 Å². The Morgan fingerprint density at radius 1 is 1.12 bits per heavy atom. The van der Waals surface area contributed by atoms with E-state index in [2.05, 4.69) is 47.0 Å². The summed E-state index contributed by atoms with van der Waals surface area (Å²) in [5.74, 6) is -0.333. The van der Waals surface area contributed by atoms with Gasteiger partial charge in [0.15, 0.2) is 5.82 Å². The van der Waals surface area contributed by atoms with Crippen LogP contribution in [-0.2, 0) is 0 Å². The molecule has 0 aliphatic heterocycles. The highest BCUT2D eigenvalue weighted by Gasteiger charge is 2.17. The minimum absolute atomic E-state index is 0.218. The molecule has 6 heteroatoms. The van der Waals surface area contributed by atoms with Crippen LogP contribution in [0.4, 0.5) is 0 Å². The van der Waals surface area contributed by atoms with Crippen molar-refractivity contribution < 1.29 is 9.90 Å². The van der Waals surface area contributed by atoms with Gasteiger partial charge in [-0.1, -0.05) is 6.07 Å². The van der Waals surface area contributed by atoms with Crippen molar-refractivity contribution in [3.8, 4) is 11.5 Å². The molecule has 0 saturated heterocycles. The number of aromatic carboxylic acids is 1. The van der Waals surface area contributed by atoms with E-state index in [9.17, 15) is 4.79 Å². The zero-order valence-corrected chi connectivity index (χ0v) is 13.6. The van der Waals surface area contributed by atoms with Gasteiger partial charge < -0.3 is 10.1 Å². The third kappa shape index (κ3) is 2.00. The fourth-order valence-corrected chi connectivity index (χ4v) is 3.12. The van der Waals surface area contributed by atoms with Gasteiger partial charge in [0.2, 0.25) is 0 Å². The first-order valence-corrected chi connectivity index (χ1v) is 7.64. The number of rotatable bonds is 2. The molecule has 0 aliphatic carbocycles. The van der Waals surface area contributed by atoms with E-state index in [1.54, 1.807) is 18.2 Å². The van der Waals surface area contributed by atoms with E-state index in [0.717, 1.165) is 33.2 Å². The number of hydrogen-bond donors (Lipinski definition) is 3. The van der Waals surface area contributed by atoms with Crippen LogP contribution >= 0.6 is 0 Å². The van der Waals surface area contributed by atoms with Crippen LogP contribution in [0.3, 0.4) is 0 Å². The summed E-state index contributed by atoms with van der Waals surface area (Å²) in [4.78, 5) is 18.9. The van der Waals surface area contributed by atoms with Gasteiger partial charge in [-0.3, -0.25) is 5.10 Å². The van der Waals surface area contributed by atoms with Crippen LogP contribution in [0.1, 0.15) is 27.0 Å². The average molecular weight is 320 g/mol. The van der Waals surface area contributed by atoms with Crippen LogP contribution in [0.5, 0.6) is 0 Å². The monoisotopic (exact) mass is 320 g/mol. The van der Waals surface area contributed by atoms with Gasteiger partial charge in [-0.2, -0.15) is 5.10 Å². The van der Waals surface area contributed by atoms with Crippen LogP contribution in [0, 0.1) is 20.8 Å².